The molecular weight excluding hydrogens is 198 g/mol. The van der Waals surface area contributed by atoms with Crippen molar-refractivity contribution in [2.45, 2.75) is 52.0 Å². The van der Waals surface area contributed by atoms with E-state index in [1.165, 1.54) is 25.7 Å². The van der Waals surface area contributed by atoms with Gasteiger partial charge in [0.05, 0.1) is 0 Å². The number of nitrogens with one attached hydrogen (secondary N) is 2. The van der Waals surface area contributed by atoms with E-state index in [4.69, 9.17) is 0 Å². The van der Waals surface area contributed by atoms with E-state index in [-0.39, 0.29) is 0 Å². The number of nitrogens with zero attached hydrogens (tertiary/aromatic N) is 1. The van der Waals surface area contributed by atoms with E-state index in [2.05, 4.69) is 36.2 Å². The number of likely N-dealkylation sites (N-methyl/N-ethyl adjacent to an activating group) is 1. The molecule has 0 saturated carbocycles. The second-order valence-electron chi connectivity index (χ2n) is 4.47. The molecule has 0 aliphatic carbocycles. The number of H-pyrrole nitrogens is 1. The van der Waals surface area contributed by atoms with Crippen LogP contribution in [0.3, 0.4) is 0 Å². The fourth-order valence-electron chi connectivity index (χ4n) is 2.41. The number of aromatic amines is 1. The highest BCUT2D eigenvalue weighted by atomic mass is 14.9. The van der Waals surface area contributed by atoms with Gasteiger partial charge in [-0.15, -0.1) is 0 Å². The minimum absolute atomic E-state index is 0.547. The van der Waals surface area contributed by atoms with Crippen LogP contribution in [0.15, 0.2) is 12.4 Å². The van der Waals surface area contributed by atoms with Crippen LogP contribution in [0.1, 0.15) is 45.4 Å². The molecular formula is C13H25N3. The molecule has 1 aromatic heterocycles. The molecule has 0 bridgehead atoms. The summed E-state index contributed by atoms with van der Waals surface area (Å²) in [4.78, 5) is 7.50. The smallest absolute Gasteiger partial charge is 0.107 e. The van der Waals surface area contributed by atoms with Gasteiger partial charge in [-0.2, -0.15) is 0 Å². The van der Waals surface area contributed by atoms with Gasteiger partial charge in [-0.3, -0.25) is 0 Å². The normalized spacial score (nSPS) is 13.2. The average Bonchev–Trinajstić information content (AvgIpc) is 2.78. The number of aromatic nitrogens is 2. The molecule has 2 N–H and O–H groups in total. The van der Waals surface area contributed by atoms with Crippen LogP contribution in [-0.2, 0) is 6.42 Å². The Hall–Kier alpha value is -0.830. The molecule has 1 unspecified atom stereocenters. The Labute approximate surface area is 99.1 Å². The maximum Gasteiger partial charge on any atom is 0.107 e. The topological polar surface area (TPSA) is 40.7 Å². The zero-order valence-corrected chi connectivity index (χ0v) is 10.8. The zero-order chi connectivity index (χ0) is 11.8. The Morgan fingerprint density at radius 1 is 1.31 bits per heavy atom. The first-order valence-corrected chi connectivity index (χ1v) is 6.47. The molecule has 0 aromatic carbocycles. The molecule has 3 nitrogen and oxygen atoms in total. The first-order valence-electron chi connectivity index (χ1n) is 6.47. The summed E-state index contributed by atoms with van der Waals surface area (Å²) in [5, 5.41) is 3.45. The molecule has 0 fully saturated rings. The third-order valence-corrected chi connectivity index (χ3v) is 3.23. The van der Waals surface area contributed by atoms with Crippen LogP contribution in [-0.4, -0.2) is 23.1 Å². The Kier molecular flexibility index (Phi) is 6.16. The van der Waals surface area contributed by atoms with Crippen molar-refractivity contribution >= 4 is 0 Å². The molecule has 0 saturated heterocycles. The van der Waals surface area contributed by atoms with Crippen molar-refractivity contribution in [3.05, 3.63) is 18.2 Å². The highest BCUT2D eigenvalue weighted by Crippen LogP contribution is 2.19. The Balaban J connectivity index is 2.55. The molecule has 1 atom stereocenters. The number of rotatable bonds is 8. The zero-order valence-electron chi connectivity index (χ0n) is 10.8. The van der Waals surface area contributed by atoms with Gasteiger partial charge in [0, 0.05) is 24.9 Å². The summed E-state index contributed by atoms with van der Waals surface area (Å²) in [5.41, 5.74) is 0. The van der Waals surface area contributed by atoms with Crippen LogP contribution < -0.4 is 5.32 Å². The van der Waals surface area contributed by atoms with Gasteiger partial charge in [-0.25, -0.2) is 4.98 Å². The van der Waals surface area contributed by atoms with Crippen LogP contribution >= 0.6 is 0 Å². The molecule has 1 aromatic rings. The Morgan fingerprint density at radius 2 is 2.00 bits per heavy atom. The van der Waals surface area contributed by atoms with Crippen molar-refractivity contribution in [1.82, 2.24) is 15.3 Å². The molecule has 0 spiro atoms. The third kappa shape index (κ3) is 3.97. The predicted octanol–water partition coefficient (Wildman–Crippen LogP) is 2.76. The third-order valence-electron chi connectivity index (χ3n) is 3.23. The summed E-state index contributed by atoms with van der Waals surface area (Å²) in [6.07, 6.45) is 9.88. The van der Waals surface area contributed by atoms with E-state index >= 15 is 0 Å². The lowest BCUT2D eigenvalue weighted by atomic mass is 9.88. The monoisotopic (exact) mass is 223 g/mol. The van der Waals surface area contributed by atoms with E-state index in [9.17, 15) is 0 Å². The first-order chi connectivity index (χ1) is 7.81. The first kappa shape index (κ1) is 13.2. The molecule has 0 aliphatic heterocycles. The van der Waals surface area contributed by atoms with Crippen molar-refractivity contribution in [2.24, 2.45) is 5.92 Å². The highest BCUT2D eigenvalue weighted by molar-refractivity contribution is 4.92. The second kappa shape index (κ2) is 7.44. The van der Waals surface area contributed by atoms with Gasteiger partial charge < -0.3 is 10.3 Å². The molecule has 16 heavy (non-hydrogen) atoms. The molecule has 3 heteroatoms. The van der Waals surface area contributed by atoms with Crippen molar-refractivity contribution in [3.63, 3.8) is 0 Å². The van der Waals surface area contributed by atoms with Gasteiger partial charge in [0.2, 0.25) is 0 Å². The summed E-state index contributed by atoms with van der Waals surface area (Å²) >= 11 is 0. The fourth-order valence-corrected chi connectivity index (χ4v) is 2.41. The summed E-state index contributed by atoms with van der Waals surface area (Å²) in [6, 6.07) is 0.547. The van der Waals surface area contributed by atoms with Crippen molar-refractivity contribution in [1.29, 1.82) is 0 Å². The molecule has 92 valence electrons. The maximum atomic E-state index is 4.31. The highest BCUT2D eigenvalue weighted by Gasteiger charge is 2.19. The van der Waals surface area contributed by atoms with Gasteiger partial charge in [-0.1, -0.05) is 26.7 Å². The van der Waals surface area contributed by atoms with E-state index in [0.29, 0.717) is 6.04 Å². The number of hydrogen-bond acceptors (Lipinski definition) is 2. The van der Waals surface area contributed by atoms with Gasteiger partial charge in [0.15, 0.2) is 0 Å². The lowest BCUT2D eigenvalue weighted by Gasteiger charge is -2.25. The van der Waals surface area contributed by atoms with Crippen LogP contribution in [0.5, 0.6) is 0 Å². The molecule has 0 amide bonds. The predicted molar refractivity (Wildman–Crippen MR) is 68.4 cm³/mol. The van der Waals surface area contributed by atoms with Crippen molar-refractivity contribution in [3.8, 4) is 0 Å². The number of hydrogen-bond donors (Lipinski definition) is 2. The van der Waals surface area contributed by atoms with E-state index in [1.807, 2.05) is 12.4 Å². The van der Waals surface area contributed by atoms with Gasteiger partial charge in [0.1, 0.15) is 5.82 Å². The molecule has 1 heterocycles. The SMILES string of the molecule is CCCC(CCC)C(Cc1ncc[nH]1)NC. The number of imidazole rings is 1. The standard InChI is InChI=1S/C13H25N3/c1-4-6-11(7-5-2)12(14-3)10-13-15-8-9-16-13/h8-9,11-12,14H,4-7,10H2,1-3H3,(H,15,16). The summed E-state index contributed by atoms with van der Waals surface area (Å²) in [6.45, 7) is 4.53. The largest absolute Gasteiger partial charge is 0.349 e. The Bertz CT molecular complexity index is 250. The molecule has 0 radical (unpaired) electrons. The minimum Gasteiger partial charge on any atom is -0.349 e. The lowest BCUT2D eigenvalue weighted by molar-refractivity contribution is 0.319. The molecule has 0 aliphatic rings. The van der Waals surface area contributed by atoms with E-state index in [0.717, 1.165) is 18.2 Å². The van der Waals surface area contributed by atoms with Crippen LogP contribution in [0, 0.1) is 5.92 Å². The van der Waals surface area contributed by atoms with Gasteiger partial charge in [0.25, 0.3) is 0 Å². The minimum atomic E-state index is 0.547. The van der Waals surface area contributed by atoms with Crippen molar-refractivity contribution < 1.29 is 0 Å². The second-order valence-corrected chi connectivity index (χ2v) is 4.47. The summed E-state index contributed by atoms with van der Waals surface area (Å²) < 4.78 is 0. The fraction of sp³-hybridized carbons (Fsp3) is 0.769. The quantitative estimate of drug-likeness (QED) is 0.711. The maximum absolute atomic E-state index is 4.31. The lowest BCUT2D eigenvalue weighted by Crippen LogP contribution is -2.36. The van der Waals surface area contributed by atoms with E-state index in [1.54, 1.807) is 0 Å². The van der Waals surface area contributed by atoms with E-state index < -0.39 is 0 Å². The summed E-state index contributed by atoms with van der Waals surface area (Å²) in [5.74, 6) is 1.86. The van der Waals surface area contributed by atoms with Gasteiger partial charge >= 0.3 is 0 Å². The average molecular weight is 223 g/mol. The van der Waals surface area contributed by atoms with Gasteiger partial charge in [-0.05, 0) is 25.8 Å². The van der Waals surface area contributed by atoms with Crippen LogP contribution in [0.4, 0.5) is 0 Å². The van der Waals surface area contributed by atoms with Crippen molar-refractivity contribution in [2.75, 3.05) is 7.05 Å². The van der Waals surface area contributed by atoms with Crippen LogP contribution in [0.25, 0.3) is 0 Å². The van der Waals surface area contributed by atoms with Crippen LogP contribution in [0.2, 0.25) is 0 Å². The Morgan fingerprint density at radius 3 is 2.44 bits per heavy atom. The summed E-state index contributed by atoms with van der Waals surface area (Å²) in [7, 11) is 2.06. The molecule has 1 rings (SSSR count).